The van der Waals surface area contributed by atoms with Crippen LogP contribution in [0.3, 0.4) is 0 Å². The summed E-state index contributed by atoms with van der Waals surface area (Å²) in [6.07, 6.45) is 8.36. The molecule has 0 aromatic heterocycles. The number of hydrogen-bond donors (Lipinski definition) is 1. The molecule has 2 aliphatic rings. The van der Waals surface area contributed by atoms with Crippen molar-refractivity contribution in [3.63, 3.8) is 0 Å². The molecule has 3 rings (SSSR count). The largest absolute Gasteiger partial charge is 0.368 e. The first-order valence-electron chi connectivity index (χ1n) is 8.93. The summed E-state index contributed by atoms with van der Waals surface area (Å²) >= 11 is 6.06. The lowest BCUT2D eigenvalue weighted by atomic mass is 9.97. The van der Waals surface area contributed by atoms with Crippen LogP contribution in [0.15, 0.2) is 35.9 Å². The van der Waals surface area contributed by atoms with Gasteiger partial charge in [-0.25, -0.2) is 4.79 Å². The SMILES string of the molecule is O=C(NCCC1=CCCCC1)N1CCN(c2cccc(Cl)c2)CC1. The maximum absolute atomic E-state index is 12.3. The van der Waals surface area contributed by atoms with Gasteiger partial charge in [-0.2, -0.15) is 0 Å². The molecule has 0 bridgehead atoms. The highest BCUT2D eigenvalue weighted by Crippen LogP contribution is 2.21. The van der Waals surface area contributed by atoms with Crippen molar-refractivity contribution in [2.45, 2.75) is 32.1 Å². The minimum absolute atomic E-state index is 0.0668. The Bertz CT molecular complexity index is 594. The predicted octanol–water partition coefficient (Wildman–Crippen LogP) is 4.06. The van der Waals surface area contributed by atoms with Crippen LogP contribution in [-0.2, 0) is 0 Å². The van der Waals surface area contributed by atoms with E-state index < -0.39 is 0 Å². The van der Waals surface area contributed by atoms with Gasteiger partial charge in [0.1, 0.15) is 0 Å². The fourth-order valence-electron chi connectivity index (χ4n) is 3.41. The predicted molar refractivity (Wildman–Crippen MR) is 99.8 cm³/mol. The van der Waals surface area contributed by atoms with Crippen molar-refractivity contribution in [2.75, 3.05) is 37.6 Å². The molecule has 130 valence electrons. The highest BCUT2D eigenvalue weighted by molar-refractivity contribution is 6.30. The number of anilines is 1. The minimum atomic E-state index is 0.0668. The Kier molecular flexibility index (Phi) is 6.02. The summed E-state index contributed by atoms with van der Waals surface area (Å²) in [5.74, 6) is 0. The van der Waals surface area contributed by atoms with Gasteiger partial charge in [0, 0.05) is 43.4 Å². The maximum Gasteiger partial charge on any atom is 0.317 e. The van der Waals surface area contributed by atoms with Gasteiger partial charge in [0.25, 0.3) is 0 Å². The van der Waals surface area contributed by atoms with Crippen LogP contribution in [0.5, 0.6) is 0 Å². The van der Waals surface area contributed by atoms with Crippen LogP contribution < -0.4 is 10.2 Å². The number of piperazine rings is 1. The van der Waals surface area contributed by atoms with Gasteiger partial charge in [-0.05, 0) is 50.3 Å². The third-order valence-corrected chi connectivity index (χ3v) is 5.08. The molecule has 0 saturated carbocycles. The second-order valence-electron chi connectivity index (χ2n) is 6.54. The van der Waals surface area contributed by atoms with E-state index in [0.717, 1.165) is 49.9 Å². The number of rotatable bonds is 4. The van der Waals surface area contributed by atoms with Crippen molar-refractivity contribution < 1.29 is 4.79 Å². The third kappa shape index (κ3) is 4.67. The molecule has 1 aliphatic heterocycles. The number of halogens is 1. The lowest BCUT2D eigenvalue weighted by Crippen LogP contribution is -2.52. The van der Waals surface area contributed by atoms with E-state index in [0.29, 0.717) is 0 Å². The average molecular weight is 348 g/mol. The highest BCUT2D eigenvalue weighted by Gasteiger charge is 2.21. The van der Waals surface area contributed by atoms with Gasteiger partial charge in [0.05, 0.1) is 0 Å². The van der Waals surface area contributed by atoms with E-state index in [9.17, 15) is 4.79 Å². The number of nitrogens with zero attached hydrogens (tertiary/aromatic N) is 2. The molecule has 1 aromatic rings. The molecular weight excluding hydrogens is 322 g/mol. The first-order chi connectivity index (χ1) is 11.7. The standard InChI is InChI=1S/C19H26ClN3O/c20-17-7-4-8-18(15-17)22-11-13-23(14-12-22)19(24)21-10-9-16-5-2-1-3-6-16/h4-5,7-8,15H,1-3,6,9-14H2,(H,21,24). The van der Waals surface area contributed by atoms with Crippen LogP contribution in [0.4, 0.5) is 10.5 Å². The van der Waals surface area contributed by atoms with Gasteiger partial charge in [0.2, 0.25) is 0 Å². The van der Waals surface area contributed by atoms with Crippen LogP contribution in [0.25, 0.3) is 0 Å². The molecule has 1 aliphatic carbocycles. The molecule has 1 saturated heterocycles. The first kappa shape index (κ1) is 17.2. The number of benzene rings is 1. The van der Waals surface area contributed by atoms with Gasteiger partial charge in [0.15, 0.2) is 0 Å². The Balaban J connectivity index is 1.41. The van der Waals surface area contributed by atoms with E-state index in [1.165, 1.54) is 31.3 Å². The zero-order valence-corrected chi connectivity index (χ0v) is 14.9. The summed E-state index contributed by atoms with van der Waals surface area (Å²) in [6, 6.07) is 7.97. The van der Waals surface area contributed by atoms with Crippen LogP contribution >= 0.6 is 11.6 Å². The van der Waals surface area contributed by atoms with Crippen molar-refractivity contribution in [1.82, 2.24) is 10.2 Å². The summed E-state index contributed by atoms with van der Waals surface area (Å²) in [5, 5.41) is 3.82. The first-order valence-corrected chi connectivity index (χ1v) is 9.31. The summed E-state index contributed by atoms with van der Waals surface area (Å²) in [4.78, 5) is 16.5. The molecule has 2 amide bonds. The van der Waals surface area contributed by atoms with Crippen LogP contribution in [0.2, 0.25) is 5.02 Å². The molecule has 0 radical (unpaired) electrons. The zero-order chi connectivity index (χ0) is 16.8. The fourth-order valence-corrected chi connectivity index (χ4v) is 3.60. The molecule has 1 N–H and O–H groups in total. The minimum Gasteiger partial charge on any atom is -0.368 e. The molecule has 0 unspecified atom stereocenters. The molecule has 4 nitrogen and oxygen atoms in total. The van der Waals surface area contributed by atoms with Gasteiger partial charge in [-0.3, -0.25) is 0 Å². The van der Waals surface area contributed by atoms with Gasteiger partial charge in [-0.15, -0.1) is 0 Å². The lowest BCUT2D eigenvalue weighted by molar-refractivity contribution is 0.194. The summed E-state index contributed by atoms with van der Waals surface area (Å²) in [7, 11) is 0. The van der Waals surface area contributed by atoms with Crippen molar-refractivity contribution in [3.05, 3.63) is 40.9 Å². The third-order valence-electron chi connectivity index (χ3n) is 4.85. The molecular formula is C19H26ClN3O. The van der Waals surface area contributed by atoms with Crippen molar-refractivity contribution in [3.8, 4) is 0 Å². The Labute approximate surface area is 149 Å². The second kappa shape index (κ2) is 8.43. The summed E-state index contributed by atoms with van der Waals surface area (Å²) in [5.41, 5.74) is 2.64. The van der Waals surface area contributed by atoms with E-state index in [4.69, 9.17) is 11.6 Å². The Morgan fingerprint density at radius 2 is 2.00 bits per heavy atom. The van der Waals surface area contributed by atoms with Crippen LogP contribution in [0, 0.1) is 0 Å². The number of carbonyl (C=O) groups is 1. The molecule has 1 heterocycles. The van der Waals surface area contributed by atoms with E-state index >= 15 is 0 Å². The molecule has 1 aromatic carbocycles. The summed E-state index contributed by atoms with van der Waals surface area (Å²) in [6.45, 7) is 3.94. The van der Waals surface area contributed by atoms with Crippen LogP contribution in [0.1, 0.15) is 32.1 Å². The van der Waals surface area contributed by atoms with E-state index in [1.807, 2.05) is 23.1 Å². The smallest absolute Gasteiger partial charge is 0.317 e. The van der Waals surface area contributed by atoms with E-state index in [-0.39, 0.29) is 6.03 Å². The van der Waals surface area contributed by atoms with E-state index in [2.05, 4.69) is 22.4 Å². The normalized spacial score (nSPS) is 18.3. The molecule has 0 spiro atoms. The van der Waals surface area contributed by atoms with Gasteiger partial charge in [-0.1, -0.05) is 29.3 Å². The topological polar surface area (TPSA) is 35.6 Å². The number of nitrogens with one attached hydrogen (secondary N) is 1. The quantitative estimate of drug-likeness (QED) is 0.833. The van der Waals surface area contributed by atoms with E-state index in [1.54, 1.807) is 0 Å². The van der Waals surface area contributed by atoms with Crippen LogP contribution in [-0.4, -0.2) is 43.7 Å². The maximum atomic E-state index is 12.3. The number of carbonyl (C=O) groups excluding carboxylic acids is 1. The monoisotopic (exact) mass is 347 g/mol. The second-order valence-corrected chi connectivity index (χ2v) is 6.98. The number of hydrogen-bond acceptors (Lipinski definition) is 2. The number of amides is 2. The van der Waals surface area contributed by atoms with Crippen molar-refractivity contribution >= 4 is 23.3 Å². The molecule has 0 atom stereocenters. The summed E-state index contributed by atoms with van der Waals surface area (Å²) < 4.78 is 0. The highest BCUT2D eigenvalue weighted by atomic mass is 35.5. The zero-order valence-electron chi connectivity index (χ0n) is 14.1. The van der Waals surface area contributed by atoms with Gasteiger partial charge < -0.3 is 15.1 Å². The Hall–Kier alpha value is -1.68. The molecule has 24 heavy (non-hydrogen) atoms. The van der Waals surface area contributed by atoms with Crippen molar-refractivity contribution in [2.24, 2.45) is 0 Å². The van der Waals surface area contributed by atoms with Gasteiger partial charge >= 0.3 is 6.03 Å². The molecule has 5 heteroatoms. The Morgan fingerprint density at radius 3 is 2.71 bits per heavy atom. The molecule has 1 fully saturated rings. The number of urea groups is 1. The lowest BCUT2D eigenvalue weighted by Gasteiger charge is -2.36. The fraction of sp³-hybridized carbons (Fsp3) is 0.526. The Morgan fingerprint density at radius 1 is 1.17 bits per heavy atom. The average Bonchev–Trinajstić information content (AvgIpc) is 2.63. The van der Waals surface area contributed by atoms with Crippen molar-refractivity contribution in [1.29, 1.82) is 0 Å². The number of allylic oxidation sites excluding steroid dienone is 1.